The van der Waals surface area contributed by atoms with Gasteiger partial charge in [0.15, 0.2) is 0 Å². The van der Waals surface area contributed by atoms with E-state index in [0.29, 0.717) is 5.56 Å². The third-order valence-electron chi connectivity index (χ3n) is 4.93. The van der Waals surface area contributed by atoms with Crippen LogP contribution in [0.4, 0.5) is 0 Å². The molecule has 4 nitrogen and oxygen atoms in total. The molecule has 22 heavy (non-hydrogen) atoms. The number of hydrogen-bond acceptors (Lipinski definition) is 4. The highest BCUT2D eigenvalue weighted by Crippen LogP contribution is 2.29. The summed E-state index contributed by atoms with van der Waals surface area (Å²) in [6.07, 6.45) is 2.64. The zero-order valence-corrected chi connectivity index (χ0v) is 13.5. The molecule has 2 fully saturated rings. The maximum atomic E-state index is 11.4. The van der Waals surface area contributed by atoms with Gasteiger partial charge >= 0.3 is 5.97 Å². The number of nitrogens with one attached hydrogen (secondary N) is 1. The van der Waals surface area contributed by atoms with Crippen molar-refractivity contribution in [2.75, 3.05) is 26.7 Å². The second kappa shape index (κ2) is 6.80. The lowest BCUT2D eigenvalue weighted by atomic mass is 10.1. The SMILES string of the molecule is COC(=O)c1ccc(CN2CCC(CNC3C[C@H]3C)C2)cc1. The van der Waals surface area contributed by atoms with E-state index >= 15 is 0 Å². The molecule has 1 aliphatic carbocycles. The minimum absolute atomic E-state index is 0.270. The van der Waals surface area contributed by atoms with E-state index < -0.39 is 0 Å². The number of hydrogen-bond donors (Lipinski definition) is 1. The molecule has 1 aromatic rings. The lowest BCUT2D eigenvalue weighted by Gasteiger charge is -2.16. The fraction of sp³-hybridized carbons (Fsp3) is 0.611. The summed E-state index contributed by atoms with van der Waals surface area (Å²) in [7, 11) is 1.41. The summed E-state index contributed by atoms with van der Waals surface area (Å²) in [5.74, 6) is 1.39. The molecule has 0 aromatic heterocycles. The minimum Gasteiger partial charge on any atom is -0.465 e. The minimum atomic E-state index is -0.270. The van der Waals surface area contributed by atoms with E-state index in [9.17, 15) is 4.79 Å². The van der Waals surface area contributed by atoms with Gasteiger partial charge in [-0.3, -0.25) is 4.90 Å². The Bertz CT molecular complexity index is 514. The quantitative estimate of drug-likeness (QED) is 0.819. The first-order valence-electron chi connectivity index (χ1n) is 8.28. The van der Waals surface area contributed by atoms with Gasteiger partial charge < -0.3 is 10.1 Å². The van der Waals surface area contributed by atoms with Crippen molar-refractivity contribution < 1.29 is 9.53 Å². The van der Waals surface area contributed by atoms with Crippen molar-refractivity contribution in [1.82, 2.24) is 10.2 Å². The second-order valence-corrected chi connectivity index (χ2v) is 6.81. The Kier molecular flexibility index (Phi) is 4.79. The van der Waals surface area contributed by atoms with Crippen LogP contribution in [0.3, 0.4) is 0 Å². The van der Waals surface area contributed by atoms with Crippen molar-refractivity contribution in [1.29, 1.82) is 0 Å². The Labute approximate surface area is 132 Å². The van der Waals surface area contributed by atoms with Gasteiger partial charge in [0.2, 0.25) is 0 Å². The molecule has 1 aromatic carbocycles. The van der Waals surface area contributed by atoms with Crippen LogP contribution in [0.5, 0.6) is 0 Å². The zero-order valence-electron chi connectivity index (χ0n) is 13.5. The standard InChI is InChI=1S/C18H26N2O2/c1-13-9-17(13)19-10-15-7-8-20(12-15)11-14-3-5-16(6-4-14)18(21)22-2/h3-6,13,15,17,19H,7-12H2,1-2H3/t13-,15?,17?/m1/s1. The molecule has 1 saturated heterocycles. The smallest absolute Gasteiger partial charge is 0.337 e. The first-order chi connectivity index (χ1) is 10.7. The fourth-order valence-corrected chi connectivity index (χ4v) is 3.27. The van der Waals surface area contributed by atoms with Crippen molar-refractivity contribution in [2.45, 2.75) is 32.4 Å². The summed E-state index contributed by atoms with van der Waals surface area (Å²) in [6, 6.07) is 8.54. The van der Waals surface area contributed by atoms with E-state index in [1.54, 1.807) is 0 Å². The molecule has 3 rings (SSSR count). The molecule has 1 heterocycles. The van der Waals surface area contributed by atoms with Crippen molar-refractivity contribution in [3.8, 4) is 0 Å². The van der Waals surface area contributed by atoms with Crippen LogP contribution in [0, 0.1) is 11.8 Å². The Morgan fingerprint density at radius 3 is 2.73 bits per heavy atom. The monoisotopic (exact) mass is 302 g/mol. The van der Waals surface area contributed by atoms with E-state index in [1.165, 1.54) is 38.6 Å². The summed E-state index contributed by atoms with van der Waals surface area (Å²) in [6.45, 7) is 6.79. The number of nitrogens with zero attached hydrogens (tertiary/aromatic N) is 1. The van der Waals surface area contributed by atoms with Gasteiger partial charge in [-0.2, -0.15) is 0 Å². The van der Waals surface area contributed by atoms with Crippen molar-refractivity contribution >= 4 is 5.97 Å². The highest BCUT2D eigenvalue weighted by atomic mass is 16.5. The van der Waals surface area contributed by atoms with Crippen LogP contribution < -0.4 is 5.32 Å². The van der Waals surface area contributed by atoms with Crippen molar-refractivity contribution in [3.05, 3.63) is 35.4 Å². The Morgan fingerprint density at radius 1 is 1.36 bits per heavy atom. The highest BCUT2D eigenvalue weighted by Gasteiger charge is 2.33. The Hall–Kier alpha value is -1.39. The number of esters is 1. The summed E-state index contributed by atoms with van der Waals surface area (Å²) >= 11 is 0. The van der Waals surface area contributed by atoms with Gasteiger partial charge in [-0.05, 0) is 55.5 Å². The number of carbonyl (C=O) groups is 1. The molecule has 2 unspecified atom stereocenters. The Morgan fingerprint density at radius 2 is 2.09 bits per heavy atom. The first-order valence-corrected chi connectivity index (χ1v) is 8.28. The Balaban J connectivity index is 1.44. The maximum Gasteiger partial charge on any atom is 0.337 e. The molecule has 1 aliphatic heterocycles. The number of methoxy groups -OCH3 is 1. The molecule has 0 amide bonds. The van der Waals surface area contributed by atoms with E-state index in [0.717, 1.165) is 31.0 Å². The summed E-state index contributed by atoms with van der Waals surface area (Å²) in [4.78, 5) is 13.9. The molecular weight excluding hydrogens is 276 g/mol. The number of carbonyl (C=O) groups excluding carboxylic acids is 1. The number of benzene rings is 1. The molecule has 2 aliphatic rings. The normalized spacial score (nSPS) is 27.8. The number of likely N-dealkylation sites (tertiary alicyclic amines) is 1. The molecule has 1 N–H and O–H groups in total. The molecule has 1 saturated carbocycles. The van der Waals surface area contributed by atoms with Crippen LogP contribution in [0.15, 0.2) is 24.3 Å². The van der Waals surface area contributed by atoms with Gasteiger partial charge in [0.1, 0.15) is 0 Å². The van der Waals surface area contributed by atoms with Crippen molar-refractivity contribution in [3.63, 3.8) is 0 Å². The lowest BCUT2D eigenvalue weighted by Crippen LogP contribution is -2.28. The van der Waals surface area contributed by atoms with Crippen molar-refractivity contribution in [2.24, 2.45) is 11.8 Å². The first kappa shape index (κ1) is 15.5. The third-order valence-corrected chi connectivity index (χ3v) is 4.93. The van der Waals surface area contributed by atoms with Crippen LogP contribution in [-0.4, -0.2) is 43.7 Å². The highest BCUT2D eigenvalue weighted by molar-refractivity contribution is 5.89. The van der Waals surface area contributed by atoms with E-state index in [-0.39, 0.29) is 5.97 Å². The van der Waals surface area contributed by atoms with Crippen LogP contribution in [0.1, 0.15) is 35.7 Å². The molecule has 4 heteroatoms. The van der Waals surface area contributed by atoms with Gasteiger partial charge in [0, 0.05) is 19.1 Å². The third kappa shape index (κ3) is 3.87. The predicted molar refractivity (Wildman–Crippen MR) is 86.7 cm³/mol. The predicted octanol–water partition coefficient (Wildman–Crippen LogP) is 2.29. The topological polar surface area (TPSA) is 41.6 Å². The average molecular weight is 302 g/mol. The van der Waals surface area contributed by atoms with Crippen LogP contribution in [0.25, 0.3) is 0 Å². The molecular formula is C18H26N2O2. The zero-order chi connectivity index (χ0) is 15.5. The lowest BCUT2D eigenvalue weighted by molar-refractivity contribution is 0.0600. The van der Waals surface area contributed by atoms with Gasteiger partial charge in [0.05, 0.1) is 12.7 Å². The van der Waals surface area contributed by atoms with Crippen LogP contribution in [0.2, 0.25) is 0 Å². The van der Waals surface area contributed by atoms with Gasteiger partial charge in [-0.25, -0.2) is 4.79 Å². The second-order valence-electron chi connectivity index (χ2n) is 6.81. The average Bonchev–Trinajstić information content (AvgIpc) is 3.06. The van der Waals surface area contributed by atoms with E-state index in [4.69, 9.17) is 4.74 Å². The molecule has 3 atom stereocenters. The summed E-state index contributed by atoms with van der Waals surface area (Å²) in [5.41, 5.74) is 1.88. The van der Waals surface area contributed by atoms with Crippen LogP contribution >= 0.6 is 0 Å². The van der Waals surface area contributed by atoms with Gasteiger partial charge in [-0.1, -0.05) is 19.1 Å². The van der Waals surface area contributed by atoms with Gasteiger partial charge in [0.25, 0.3) is 0 Å². The van der Waals surface area contributed by atoms with Gasteiger partial charge in [-0.15, -0.1) is 0 Å². The fourth-order valence-electron chi connectivity index (χ4n) is 3.27. The molecule has 0 bridgehead atoms. The summed E-state index contributed by atoms with van der Waals surface area (Å²) < 4.78 is 4.73. The van der Waals surface area contributed by atoms with E-state index in [2.05, 4.69) is 17.1 Å². The summed E-state index contributed by atoms with van der Waals surface area (Å²) in [5, 5.41) is 3.68. The number of rotatable bonds is 6. The maximum absolute atomic E-state index is 11.4. The number of ether oxygens (including phenoxy) is 1. The largest absolute Gasteiger partial charge is 0.465 e. The molecule has 0 spiro atoms. The van der Waals surface area contributed by atoms with E-state index in [1.807, 2.05) is 24.3 Å². The molecule has 120 valence electrons. The van der Waals surface area contributed by atoms with Crippen LogP contribution in [-0.2, 0) is 11.3 Å². The molecule has 0 radical (unpaired) electrons.